The first-order valence-corrected chi connectivity index (χ1v) is 5.75. The van der Waals surface area contributed by atoms with Crippen LogP contribution in [-0.4, -0.2) is 30.2 Å². The molecule has 0 aliphatic rings. The average Bonchev–Trinajstić information content (AvgIpc) is 2.61. The van der Waals surface area contributed by atoms with Crippen LogP contribution in [0, 0.1) is 0 Å². The fourth-order valence-corrected chi connectivity index (χ4v) is 1.80. The summed E-state index contributed by atoms with van der Waals surface area (Å²) < 4.78 is 48.2. The fourth-order valence-electron chi connectivity index (χ4n) is 1.11. The number of aromatic nitrogens is 1. The van der Waals surface area contributed by atoms with Gasteiger partial charge in [-0.3, -0.25) is 9.12 Å². The summed E-state index contributed by atoms with van der Waals surface area (Å²) in [7, 11) is -4.54. The SMILES string of the molecule is CCOC(=O)n1cc(CF)c(S(=O)(=O)O)c1. The molecule has 0 atom stereocenters. The van der Waals surface area contributed by atoms with Gasteiger partial charge in [-0.1, -0.05) is 0 Å². The molecule has 1 heterocycles. The number of halogens is 1. The summed E-state index contributed by atoms with van der Waals surface area (Å²) in [5, 5.41) is 0. The lowest BCUT2D eigenvalue weighted by atomic mass is 10.4. The van der Waals surface area contributed by atoms with E-state index in [1.807, 2.05) is 0 Å². The molecular formula is C8H10FNO5S. The molecule has 1 aromatic heterocycles. The molecular weight excluding hydrogens is 241 g/mol. The highest BCUT2D eigenvalue weighted by Gasteiger charge is 2.20. The molecule has 0 saturated carbocycles. The van der Waals surface area contributed by atoms with E-state index in [-0.39, 0.29) is 12.2 Å². The van der Waals surface area contributed by atoms with E-state index in [1.54, 1.807) is 6.92 Å². The Kier molecular flexibility index (Phi) is 3.66. The van der Waals surface area contributed by atoms with Gasteiger partial charge in [0.15, 0.2) is 0 Å². The average molecular weight is 251 g/mol. The normalized spacial score (nSPS) is 11.4. The van der Waals surface area contributed by atoms with Gasteiger partial charge in [-0.05, 0) is 6.92 Å². The molecule has 0 fully saturated rings. The van der Waals surface area contributed by atoms with Crippen molar-refractivity contribution in [3.05, 3.63) is 18.0 Å². The van der Waals surface area contributed by atoms with Crippen LogP contribution in [0.5, 0.6) is 0 Å². The van der Waals surface area contributed by atoms with Crippen molar-refractivity contribution in [2.75, 3.05) is 6.61 Å². The summed E-state index contributed by atoms with van der Waals surface area (Å²) in [5.41, 5.74) is -0.296. The first kappa shape index (κ1) is 12.7. The van der Waals surface area contributed by atoms with Crippen molar-refractivity contribution >= 4 is 16.2 Å². The third-order valence-electron chi connectivity index (χ3n) is 1.77. The zero-order valence-electron chi connectivity index (χ0n) is 8.38. The second kappa shape index (κ2) is 4.62. The molecule has 0 aliphatic carbocycles. The molecule has 0 amide bonds. The molecule has 0 spiro atoms. The van der Waals surface area contributed by atoms with Crippen molar-refractivity contribution in [1.82, 2.24) is 4.57 Å². The van der Waals surface area contributed by atoms with Crippen molar-refractivity contribution in [3.63, 3.8) is 0 Å². The first-order chi connectivity index (χ1) is 7.40. The summed E-state index contributed by atoms with van der Waals surface area (Å²) in [6.07, 6.45) is 0.927. The maximum atomic E-state index is 12.4. The second-order valence-electron chi connectivity index (χ2n) is 2.86. The van der Waals surface area contributed by atoms with E-state index in [9.17, 15) is 17.6 Å². The van der Waals surface area contributed by atoms with Gasteiger partial charge in [0.25, 0.3) is 10.1 Å². The Bertz CT molecular complexity index is 493. The van der Waals surface area contributed by atoms with Gasteiger partial charge < -0.3 is 4.74 Å². The number of rotatable bonds is 3. The molecule has 0 aromatic carbocycles. The van der Waals surface area contributed by atoms with Gasteiger partial charge in [0, 0.05) is 18.0 Å². The van der Waals surface area contributed by atoms with E-state index in [0.29, 0.717) is 0 Å². The Morgan fingerprint density at radius 1 is 1.56 bits per heavy atom. The highest BCUT2D eigenvalue weighted by Crippen LogP contribution is 2.18. The zero-order chi connectivity index (χ0) is 12.3. The molecule has 8 heteroatoms. The molecule has 1 N–H and O–H groups in total. The second-order valence-corrected chi connectivity index (χ2v) is 4.25. The largest absolute Gasteiger partial charge is 0.449 e. The first-order valence-electron chi connectivity index (χ1n) is 4.31. The number of carbonyl (C=O) groups is 1. The molecule has 1 aromatic rings. The summed E-state index contributed by atoms with van der Waals surface area (Å²) in [5.74, 6) is 0. The molecule has 1 rings (SSSR count). The quantitative estimate of drug-likeness (QED) is 0.816. The van der Waals surface area contributed by atoms with E-state index in [2.05, 4.69) is 4.74 Å². The molecule has 0 radical (unpaired) electrons. The third-order valence-corrected chi connectivity index (χ3v) is 2.69. The van der Waals surface area contributed by atoms with E-state index in [0.717, 1.165) is 17.0 Å². The predicted octanol–water partition coefficient (Wildman–Crippen LogP) is 1.21. The molecule has 0 unspecified atom stereocenters. The van der Waals surface area contributed by atoms with Crippen LogP contribution in [-0.2, 0) is 21.5 Å². The minimum atomic E-state index is -4.54. The van der Waals surface area contributed by atoms with Gasteiger partial charge in [0.1, 0.15) is 11.6 Å². The predicted molar refractivity (Wildman–Crippen MR) is 51.5 cm³/mol. The summed E-state index contributed by atoms with van der Waals surface area (Å²) in [6, 6.07) is 0. The Hall–Kier alpha value is -1.41. The van der Waals surface area contributed by atoms with Crippen LogP contribution < -0.4 is 0 Å². The van der Waals surface area contributed by atoms with Gasteiger partial charge >= 0.3 is 6.09 Å². The van der Waals surface area contributed by atoms with Crippen LogP contribution in [0.25, 0.3) is 0 Å². The van der Waals surface area contributed by atoms with Gasteiger partial charge in [0.2, 0.25) is 0 Å². The lowest BCUT2D eigenvalue weighted by Crippen LogP contribution is -2.11. The van der Waals surface area contributed by atoms with Gasteiger partial charge in [-0.15, -0.1) is 0 Å². The highest BCUT2D eigenvalue weighted by molar-refractivity contribution is 7.85. The molecule has 6 nitrogen and oxygen atoms in total. The summed E-state index contributed by atoms with van der Waals surface area (Å²) >= 11 is 0. The molecule has 90 valence electrons. The van der Waals surface area contributed by atoms with Crippen molar-refractivity contribution in [2.45, 2.75) is 18.5 Å². The minimum Gasteiger partial charge on any atom is -0.449 e. The Morgan fingerprint density at radius 3 is 2.56 bits per heavy atom. The van der Waals surface area contributed by atoms with Crippen LogP contribution in [0.3, 0.4) is 0 Å². The van der Waals surface area contributed by atoms with E-state index >= 15 is 0 Å². The van der Waals surface area contributed by atoms with E-state index < -0.39 is 27.8 Å². The van der Waals surface area contributed by atoms with Crippen LogP contribution >= 0.6 is 0 Å². The number of carbonyl (C=O) groups excluding carboxylic acids is 1. The molecule has 16 heavy (non-hydrogen) atoms. The Balaban J connectivity index is 3.18. The third kappa shape index (κ3) is 2.58. The molecule has 0 aliphatic heterocycles. The standard InChI is InChI=1S/C8H10FNO5S/c1-2-15-8(11)10-4-6(3-9)7(5-10)16(12,13)14/h4-5H,2-3H2,1H3,(H,12,13,14). The van der Waals surface area contributed by atoms with Crippen LogP contribution in [0.2, 0.25) is 0 Å². The van der Waals surface area contributed by atoms with Crippen molar-refractivity contribution in [2.24, 2.45) is 0 Å². The van der Waals surface area contributed by atoms with Gasteiger partial charge in [-0.2, -0.15) is 8.42 Å². The lowest BCUT2D eigenvalue weighted by Gasteiger charge is -2.00. The maximum absolute atomic E-state index is 12.4. The van der Waals surface area contributed by atoms with Gasteiger partial charge in [0.05, 0.1) is 6.61 Å². The topological polar surface area (TPSA) is 85.6 Å². The highest BCUT2D eigenvalue weighted by atomic mass is 32.2. The van der Waals surface area contributed by atoms with E-state index in [1.165, 1.54) is 0 Å². The molecule has 0 bridgehead atoms. The van der Waals surface area contributed by atoms with E-state index in [4.69, 9.17) is 4.55 Å². The number of ether oxygens (including phenoxy) is 1. The number of nitrogens with zero attached hydrogens (tertiary/aromatic N) is 1. The van der Waals surface area contributed by atoms with Crippen molar-refractivity contribution < 1.29 is 26.9 Å². The monoisotopic (exact) mass is 251 g/mol. The van der Waals surface area contributed by atoms with Crippen LogP contribution in [0.1, 0.15) is 12.5 Å². The smallest absolute Gasteiger partial charge is 0.417 e. The summed E-state index contributed by atoms with van der Waals surface area (Å²) in [4.78, 5) is 10.6. The van der Waals surface area contributed by atoms with Crippen molar-refractivity contribution in [1.29, 1.82) is 0 Å². The lowest BCUT2D eigenvalue weighted by molar-refractivity contribution is 0.154. The molecule has 0 saturated heterocycles. The maximum Gasteiger partial charge on any atom is 0.417 e. The van der Waals surface area contributed by atoms with Crippen LogP contribution in [0.4, 0.5) is 9.18 Å². The van der Waals surface area contributed by atoms with Crippen LogP contribution in [0.15, 0.2) is 17.3 Å². The van der Waals surface area contributed by atoms with Gasteiger partial charge in [-0.25, -0.2) is 9.18 Å². The Labute approximate surface area is 91.4 Å². The Morgan fingerprint density at radius 2 is 2.19 bits per heavy atom. The number of hydrogen-bond donors (Lipinski definition) is 1. The number of alkyl halides is 1. The minimum absolute atomic E-state index is 0.100. The number of hydrogen-bond acceptors (Lipinski definition) is 4. The zero-order valence-corrected chi connectivity index (χ0v) is 9.20. The van der Waals surface area contributed by atoms with Crippen molar-refractivity contribution in [3.8, 4) is 0 Å². The summed E-state index contributed by atoms with van der Waals surface area (Å²) in [6.45, 7) is 0.561. The fraction of sp³-hybridized carbons (Fsp3) is 0.375.